The van der Waals surface area contributed by atoms with Crippen LogP contribution in [0.3, 0.4) is 0 Å². The zero-order valence-electron chi connectivity index (χ0n) is 12.9. The average molecular weight is 261 g/mol. The molecule has 3 nitrogen and oxygen atoms in total. The van der Waals surface area contributed by atoms with Gasteiger partial charge in [0.05, 0.1) is 0 Å². The van der Waals surface area contributed by atoms with E-state index in [1.165, 1.54) is 16.7 Å². The van der Waals surface area contributed by atoms with Crippen LogP contribution in [0.15, 0.2) is 23.2 Å². The van der Waals surface area contributed by atoms with Crippen molar-refractivity contribution in [3.63, 3.8) is 0 Å². The smallest absolute Gasteiger partial charge is 0.191 e. The van der Waals surface area contributed by atoms with E-state index in [2.05, 4.69) is 68.4 Å². The first-order valence-electron chi connectivity index (χ1n) is 7.13. The SMILES string of the molecule is CCNC(=NCCc1cc(C)cc(C)c1)NC(C)C. The molecule has 0 atom stereocenters. The summed E-state index contributed by atoms with van der Waals surface area (Å²) < 4.78 is 0. The number of benzene rings is 1. The lowest BCUT2D eigenvalue weighted by atomic mass is 10.1. The molecule has 0 heterocycles. The number of nitrogens with zero attached hydrogens (tertiary/aromatic N) is 1. The van der Waals surface area contributed by atoms with Gasteiger partial charge in [0.2, 0.25) is 0 Å². The Morgan fingerprint density at radius 2 is 1.79 bits per heavy atom. The Morgan fingerprint density at radius 1 is 1.16 bits per heavy atom. The fourth-order valence-corrected chi connectivity index (χ4v) is 2.10. The van der Waals surface area contributed by atoms with Gasteiger partial charge in [0.15, 0.2) is 5.96 Å². The predicted octanol–water partition coefficient (Wildman–Crippen LogP) is 2.81. The Labute approximate surface area is 117 Å². The van der Waals surface area contributed by atoms with Crippen molar-refractivity contribution in [1.29, 1.82) is 0 Å². The zero-order chi connectivity index (χ0) is 14.3. The van der Waals surface area contributed by atoms with Crippen molar-refractivity contribution in [2.75, 3.05) is 13.1 Å². The Balaban J connectivity index is 2.58. The Kier molecular flexibility index (Phi) is 6.40. The van der Waals surface area contributed by atoms with Gasteiger partial charge in [-0.2, -0.15) is 0 Å². The minimum absolute atomic E-state index is 0.402. The summed E-state index contributed by atoms with van der Waals surface area (Å²) in [6, 6.07) is 7.09. The normalized spacial score (nSPS) is 11.8. The van der Waals surface area contributed by atoms with Gasteiger partial charge in [-0.25, -0.2) is 0 Å². The van der Waals surface area contributed by atoms with Crippen molar-refractivity contribution in [2.45, 2.75) is 47.1 Å². The first-order chi connectivity index (χ1) is 9.01. The van der Waals surface area contributed by atoms with Crippen LogP contribution in [0.25, 0.3) is 0 Å². The van der Waals surface area contributed by atoms with E-state index in [-0.39, 0.29) is 0 Å². The monoisotopic (exact) mass is 261 g/mol. The highest BCUT2D eigenvalue weighted by Crippen LogP contribution is 2.09. The maximum absolute atomic E-state index is 4.60. The van der Waals surface area contributed by atoms with Crippen molar-refractivity contribution in [2.24, 2.45) is 4.99 Å². The highest BCUT2D eigenvalue weighted by Gasteiger charge is 2.00. The maximum atomic E-state index is 4.60. The molecule has 1 rings (SSSR count). The van der Waals surface area contributed by atoms with Gasteiger partial charge in [-0.1, -0.05) is 29.3 Å². The van der Waals surface area contributed by atoms with Crippen LogP contribution < -0.4 is 10.6 Å². The highest BCUT2D eigenvalue weighted by atomic mass is 15.2. The van der Waals surface area contributed by atoms with Gasteiger partial charge >= 0.3 is 0 Å². The van der Waals surface area contributed by atoms with E-state index in [0.717, 1.165) is 25.5 Å². The first-order valence-corrected chi connectivity index (χ1v) is 7.13. The molecule has 0 saturated heterocycles. The van der Waals surface area contributed by atoms with E-state index < -0.39 is 0 Å². The molecule has 0 amide bonds. The topological polar surface area (TPSA) is 36.4 Å². The summed E-state index contributed by atoms with van der Waals surface area (Å²) in [4.78, 5) is 4.60. The number of aliphatic imine (C=N–C) groups is 1. The largest absolute Gasteiger partial charge is 0.357 e. The van der Waals surface area contributed by atoms with Crippen LogP contribution >= 0.6 is 0 Å². The molecule has 0 fully saturated rings. The molecule has 0 unspecified atom stereocenters. The summed E-state index contributed by atoms with van der Waals surface area (Å²) in [5, 5.41) is 6.59. The number of hydrogen-bond donors (Lipinski definition) is 2. The lowest BCUT2D eigenvalue weighted by molar-refractivity contribution is 0.700. The fourth-order valence-electron chi connectivity index (χ4n) is 2.10. The van der Waals surface area contributed by atoms with Gasteiger partial charge < -0.3 is 10.6 Å². The quantitative estimate of drug-likeness (QED) is 0.631. The van der Waals surface area contributed by atoms with E-state index in [4.69, 9.17) is 0 Å². The third kappa shape index (κ3) is 6.27. The van der Waals surface area contributed by atoms with Crippen molar-refractivity contribution < 1.29 is 0 Å². The second-order valence-corrected chi connectivity index (χ2v) is 5.31. The van der Waals surface area contributed by atoms with Gasteiger partial charge in [-0.3, -0.25) is 4.99 Å². The van der Waals surface area contributed by atoms with Crippen LogP contribution in [0.5, 0.6) is 0 Å². The number of hydrogen-bond acceptors (Lipinski definition) is 1. The summed E-state index contributed by atoms with van der Waals surface area (Å²) in [7, 11) is 0. The molecule has 1 aromatic rings. The molecule has 0 aromatic heterocycles. The summed E-state index contributed by atoms with van der Waals surface area (Å²) in [6.07, 6.45) is 0.983. The molecule has 0 aliphatic carbocycles. The third-order valence-electron chi connectivity index (χ3n) is 2.72. The van der Waals surface area contributed by atoms with Crippen LogP contribution in [-0.2, 0) is 6.42 Å². The summed E-state index contributed by atoms with van der Waals surface area (Å²) in [6.45, 7) is 12.3. The molecule has 0 saturated carbocycles. The number of nitrogens with one attached hydrogen (secondary N) is 2. The Morgan fingerprint density at radius 3 is 2.32 bits per heavy atom. The van der Waals surface area contributed by atoms with E-state index in [9.17, 15) is 0 Å². The molecule has 1 aromatic carbocycles. The maximum Gasteiger partial charge on any atom is 0.191 e. The first kappa shape index (κ1) is 15.5. The summed E-state index contributed by atoms with van der Waals surface area (Å²) >= 11 is 0. The lowest BCUT2D eigenvalue weighted by Gasteiger charge is -2.14. The van der Waals surface area contributed by atoms with Crippen LogP contribution in [0, 0.1) is 13.8 Å². The molecule has 2 N–H and O–H groups in total. The van der Waals surface area contributed by atoms with Gasteiger partial charge in [0.25, 0.3) is 0 Å². The molecule has 106 valence electrons. The minimum Gasteiger partial charge on any atom is -0.357 e. The summed E-state index contributed by atoms with van der Waals surface area (Å²) in [5.74, 6) is 0.905. The van der Waals surface area contributed by atoms with Crippen molar-refractivity contribution in [1.82, 2.24) is 10.6 Å². The molecule has 0 radical (unpaired) electrons. The number of guanidine groups is 1. The molecule has 0 spiro atoms. The lowest BCUT2D eigenvalue weighted by Crippen LogP contribution is -2.41. The van der Waals surface area contributed by atoms with Crippen molar-refractivity contribution in [3.05, 3.63) is 34.9 Å². The van der Waals surface area contributed by atoms with Crippen molar-refractivity contribution >= 4 is 5.96 Å². The van der Waals surface area contributed by atoms with E-state index in [1.54, 1.807) is 0 Å². The standard InChI is InChI=1S/C16H27N3/c1-6-17-16(19-12(2)3)18-8-7-15-10-13(4)9-14(5)11-15/h9-12H,6-8H2,1-5H3,(H2,17,18,19). The van der Waals surface area contributed by atoms with E-state index >= 15 is 0 Å². The third-order valence-corrected chi connectivity index (χ3v) is 2.72. The fraction of sp³-hybridized carbons (Fsp3) is 0.562. The van der Waals surface area contributed by atoms with Crippen LogP contribution in [-0.4, -0.2) is 25.1 Å². The highest BCUT2D eigenvalue weighted by molar-refractivity contribution is 5.79. The molecule has 19 heavy (non-hydrogen) atoms. The van der Waals surface area contributed by atoms with Crippen LogP contribution in [0.2, 0.25) is 0 Å². The number of aryl methyl sites for hydroxylation is 2. The van der Waals surface area contributed by atoms with Gasteiger partial charge in [0.1, 0.15) is 0 Å². The molecule has 3 heteroatoms. The molecular weight excluding hydrogens is 234 g/mol. The van der Waals surface area contributed by atoms with E-state index in [0.29, 0.717) is 6.04 Å². The second-order valence-electron chi connectivity index (χ2n) is 5.31. The Bertz CT molecular complexity index is 402. The van der Waals surface area contributed by atoms with Crippen LogP contribution in [0.1, 0.15) is 37.5 Å². The molecule has 0 aliphatic rings. The van der Waals surface area contributed by atoms with E-state index in [1.807, 2.05) is 0 Å². The van der Waals surface area contributed by atoms with Gasteiger partial charge in [-0.15, -0.1) is 0 Å². The molecular formula is C16H27N3. The zero-order valence-corrected chi connectivity index (χ0v) is 12.9. The minimum atomic E-state index is 0.402. The predicted molar refractivity (Wildman–Crippen MR) is 83.9 cm³/mol. The van der Waals surface area contributed by atoms with Gasteiger partial charge in [0, 0.05) is 19.1 Å². The molecule has 0 aliphatic heterocycles. The average Bonchev–Trinajstić information content (AvgIpc) is 2.27. The van der Waals surface area contributed by atoms with Crippen LogP contribution in [0.4, 0.5) is 0 Å². The Hall–Kier alpha value is -1.51. The summed E-state index contributed by atoms with van der Waals surface area (Å²) in [5.41, 5.74) is 4.01. The second kappa shape index (κ2) is 7.82. The number of rotatable bonds is 5. The van der Waals surface area contributed by atoms with Gasteiger partial charge in [-0.05, 0) is 46.6 Å². The van der Waals surface area contributed by atoms with Crippen molar-refractivity contribution in [3.8, 4) is 0 Å². The molecule has 0 bridgehead atoms.